The van der Waals surface area contributed by atoms with Crippen LogP contribution in [0.2, 0.25) is 0 Å². The SMILES string of the molecule is NC(=O)CN1CCCN(C(=O)[C@H]2CCCNC2)CC1. The van der Waals surface area contributed by atoms with Gasteiger partial charge in [-0.05, 0) is 25.8 Å². The third-order valence-corrected chi connectivity index (χ3v) is 3.93. The number of hydrogen-bond acceptors (Lipinski definition) is 4. The molecule has 3 N–H and O–H groups in total. The topological polar surface area (TPSA) is 78.7 Å². The lowest BCUT2D eigenvalue weighted by Gasteiger charge is -2.28. The van der Waals surface area contributed by atoms with Crippen LogP contribution in [0.3, 0.4) is 0 Å². The van der Waals surface area contributed by atoms with E-state index in [1.807, 2.05) is 9.80 Å². The lowest BCUT2D eigenvalue weighted by molar-refractivity contribution is -0.135. The first-order valence-corrected chi connectivity index (χ1v) is 7.17. The highest BCUT2D eigenvalue weighted by atomic mass is 16.2. The van der Waals surface area contributed by atoms with Crippen LogP contribution in [0.5, 0.6) is 0 Å². The first kappa shape index (κ1) is 14.3. The van der Waals surface area contributed by atoms with Crippen LogP contribution in [0.1, 0.15) is 19.3 Å². The molecule has 0 spiro atoms. The minimum absolute atomic E-state index is 0.136. The lowest BCUT2D eigenvalue weighted by Crippen LogP contribution is -2.44. The summed E-state index contributed by atoms with van der Waals surface area (Å²) in [5.41, 5.74) is 5.22. The molecule has 1 atom stereocenters. The van der Waals surface area contributed by atoms with E-state index in [1.165, 1.54) is 0 Å². The lowest BCUT2D eigenvalue weighted by atomic mass is 9.98. The summed E-state index contributed by atoms with van der Waals surface area (Å²) in [4.78, 5) is 27.3. The summed E-state index contributed by atoms with van der Waals surface area (Å²) in [6.07, 6.45) is 2.99. The molecule has 0 unspecified atom stereocenters. The van der Waals surface area contributed by atoms with Crippen LogP contribution in [-0.4, -0.2) is 67.4 Å². The van der Waals surface area contributed by atoms with E-state index >= 15 is 0 Å². The number of rotatable bonds is 3. The van der Waals surface area contributed by atoms with Gasteiger partial charge in [0.05, 0.1) is 12.5 Å². The van der Waals surface area contributed by atoms with Crippen LogP contribution in [0.15, 0.2) is 0 Å². The predicted molar refractivity (Wildman–Crippen MR) is 72.4 cm³/mol. The van der Waals surface area contributed by atoms with Crippen molar-refractivity contribution < 1.29 is 9.59 Å². The van der Waals surface area contributed by atoms with Gasteiger partial charge in [0, 0.05) is 32.7 Å². The summed E-state index contributed by atoms with van der Waals surface area (Å²) in [6, 6.07) is 0. The largest absolute Gasteiger partial charge is 0.369 e. The van der Waals surface area contributed by atoms with E-state index in [-0.39, 0.29) is 17.7 Å². The molecule has 0 aromatic carbocycles. The Kier molecular flexibility index (Phi) is 5.15. The molecule has 2 saturated heterocycles. The Hall–Kier alpha value is -1.14. The Morgan fingerprint density at radius 1 is 1.16 bits per heavy atom. The zero-order chi connectivity index (χ0) is 13.7. The summed E-state index contributed by atoms with van der Waals surface area (Å²) >= 11 is 0. The van der Waals surface area contributed by atoms with Crippen molar-refractivity contribution >= 4 is 11.8 Å². The number of nitrogens with one attached hydrogen (secondary N) is 1. The Labute approximate surface area is 114 Å². The fourth-order valence-electron chi connectivity index (χ4n) is 2.89. The molecule has 0 radical (unpaired) electrons. The van der Waals surface area contributed by atoms with Crippen molar-refractivity contribution in [2.24, 2.45) is 11.7 Å². The molecule has 0 aromatic rings. The molecule has 0 saturated carbocycles. The van der Waals surface area contributed by atoms with Crippen LogP contribution in [0, 0.1) is 5.92 Å². The average Bonchev–Trinajstić information content (AvgIpc) is 2.64. The second kappa shape index (κ2) is 6.86. The Morgan fingerprint density at radius 2 is 2.00 bits per heavy atom. The highest BCUT2D eigenvalue weighted by Gasteiger charge is 2.27. The van der Waals surface area contributed by atoms with Crippen molar-refractivity contribution in [3.05, 3.63) is 0 Å². The molecule has 2 aliphatic rings. The molecular formula is C13H24N4O2. The molecule has 19 heavy (non-hydrogen) atoms. The van der Waals surface area contributed by atoms with Gasteiger partial charge in [0.1, 0.15) is 0 Å². The molecule has 2 fully saturated rings. The van der Waals surface area contributed by atoms with Crippen molar-refractivity contribution in [3.63, 3.8) is 0 Å². The van der Waals surface area contributed by atoms with E-state index in [9.17, 15) is 9.59 Å². The minimum Gasteiger partial charge on any atom is -0.369 e. The maximum Gasteiger partial charge on any atom is 0.231 e. The summed E-state index contributed by atoms with van der Waals surface area (Å²) in [6.45, 7) is 5.22. The molecule has 0 aromatic heterocycles. The summed E-state index contributed by atoms with van der Waals surface area (Å²) in [5.74, 6) is 0.112. The molecule has 2 rings (SSSR count). The number of piperidine rings is 1. The smallest absolute Gasteiger partial charge is 0.231 e. The second-order valence-corrected chi connectivity index (χ2v) is 5.46. The molecule has 6 heteroatoms. The number of nitrogens with two attached hydrogens (primary N) is 1. The number of nitrogens with zero attached hydrogens (tertiary/aromatic N) is 2. The second-order valence-electron chi connectivity index (χ2n) is 5.46. The zero-order valence-electron chi connectivity index (χ0n) is 11.4. The summed E-state index contributed by atoms with van der Waals surface area (Å²) < 4.78 is 0. The maximum absolute atomic E-state index is 12.4. The van der Waals surface area contributed by atoms with E-state index in [0.717, 1.165) is 52.0 Å². The summed E-state index contributed by atoms with van der Waals surface area (Å²) in [7, 11) is 0. The van der Waals surface area contributed by atoms with Crippen molar-refractivity contribution in [2.75, 3.05) is 45.8 Å². The number of carbonyl (C=O) groups is 2. The number of primary amides is 1. The van der Waals surface area contributed by atoms with Gasteiger partial charge < -0.3 is 16.0 Å². The highest BCUT2D eigenvalue weighted by Crippen LogP contribution is 2.15. The van der Waals surface area contributed by atoms with E-state index < -0.39 is 0 Å². The quantitative estimate of drug-likeness (QED) is 0.688. The van der Waals surface area contributed by atoms with E-state index in [2.05, 4.69) is 5.32 Å². The summed E-state index contributed by atoms with van der Waals surface area (Å²) in [5, 5.41) is 3.29. The normalized spacial score (nSPS) is 25.9. The van der Waals surface area contributed by atoms with E-state index in [4.69, 9.17) is 5.73 Å². The first-order chi connectivity index (χ1) is 9.16. The Balaban J connectivity index is 1.84. The number of hydrogen-bond donors (Lipinski definition) is 2. The van der Waals surface area contributed by atoms with Crippen LogP contribution in [-0.2, 0) is 9.59 Å². The van der Waals surface area contributed by atoms with Crippen molar-refractivity contribution in [3.8, 4) is 0 Å². The molecule has 2 amide bonds. The van der Waals surface area contributed by atoms with Gasteiger partial charge in [-0.25, -0.2) is 0 Å². The fraction of sp³-hybridized carbons (Fsp3) is 0.846. The third-order valence-electron chi connectivity index (χ3n) is 3.93. The molecule has 2 aliphatic heterocycles. The predicted octanol–water partition coefficient (Wildman–Crippen LogP) is -0.994. The van der Waals surface area contributed by atoms with Crippen molar-refractivity contribution in [1.29, 1.82) is 0 Å². The molecule has 6 nitrogen and oxygen atoms in total. The van der Waals surface area contributed by atoms with Gasteiger partial charge in [-0.2, -0.15) is 0 Å². The van der Waals surface area contributed by atoms with Gasteiger partial charge in [-0.15, -0.1) is 0 Å². The van der Waals surface area contributed by atoms with Crippen molar-refractivity contribution in [2.45, 2.75) is 19.3 Å². The van der Waals surface area contributed by atoms with Gasteiger partial charge in [0.25, 0.3) is 0 Å². The standard InChI is InChI=1S/C13H24N4O2/c14-12(18)10-16-5-2-6-17(8-7-16)13(19)11-3-1-4-15-9-11/h11,15H,1-10H2,(H2,14,18)/t11-/m0/s1. The number of carbonyl (C=O) groups excluding carboxylic acids is 2. The van der Waals surface area contributed by atoms with Gasteiger partial charge in [-0.3, -0.25) is 14.5 Å². The monoisotopic (exact) mass is 268 g/mol. The molecular weight excluding hydrogens is 244 g/mol. The number of amides is 2. The average molecular weight is 268 g/mol. The fourth-order valence-corrected chi connectivity index (χ4v) is 2.89. The van der Waals surface area contributed by atoms with E-state index in [1.54, 1.807) is 0 Å². The first-order valence-electron chi connectivity index (χ1n) is 7.17. The van der Waals surface area contributed by atoms with Crippen LogP contribution < -0.4 is 11.1 Å². The zero-order valence-corrected chi connectivity index (χ0v) is 11.4. The van der Waals surface area contributed by atoms with Crippen LogP contribution in [0.4, 0.5) is 0 Å². The highest BCUT2D eigenvalue weighted by molar-refractivity contribution is 5.79. The van der Waals surface area contributed by atoms with Crippen molar-refractivity contribution in [1.82, 2.24) is 15.1 Å². The van der Waals surface area contributed by atoms with Crippen LogP contribution in [0.25, 0.3) is 0 Å². The van der Waals surface area contributed by atoms with Gasteiger partial charge in [0.15, 0.2) is 0 Å². The molecule has 0 aliphatic carbocycles. The molecule has 0 bridgehead atoms. The van der Waals surface area contributed by atoms with Gasteiger partial charge >= 0.3 is 0 Å². The van der Waals surface area contributed by atoms with E-state index in [0.29, 0.717) is 13.1 Å². The molecule has 108 valence electrons. The third kappa shape index (κ3) is 4.18. The Morgan fingerprint density at radius 3 is 2.68 bits per heavy atom. The molecule has 2 heterocycles. The van der Waals surface area contributed by atoms with Gasteiger partial charge in [0.2, 0.25) is 11.8 Å². The van der Waals surface area contributed by atoms with Crippen LogP contribution >= 0.6 is 0 Å². The minimum atomic E-state index is -0.295. The maximum atomic E-state index is 12.4. The van der Waals surface area contributed by atoms with Gasteiger partial charge in [-0.1, -0.05) is 0 Å². The Bertz CT molecular complexity index is 329.